The third kappa shape index (κ3) is 3.20. The van der Waals surface area contributed by atoms with Crippen molar-refractivity contribution in [1.82, 2.24) is 19.8 Å². The Morgan fingerprint density at radius 1 is 1.53 bits per heavy atom. The van der Waals surface area contributed by atoms with Gasteiger partial charge in [-0.2, -0.15) is 0 Å². The second kappa shape index (κ2) is 5.33. The Morgan fingerprint density at radius 3 is 2.65 bits per heavy atom. The molecule has 0 aliphatic rings. The first-order valence-electron chi connectivity index (χ1n) is 5.12. The smallest absolute Gasteiger partial charge is 0.326 e. The van der Waals surface area contributed by atoms with Crippen LogP contribution in [0.5, 0.6) is 0 Å². The van der Waals surface area contributed by atoms with E-state index in [1.165, 1.54) is 23.8 Å². The molecule has 94 valence electrons. The first-order valence-corrected chi connectivity index (χ1v) is 5.12. The van der Waals surface area contributed by atoms with Crippen molar-refractivity contribution in [2.75, 3.05) is 14.1 Å². The van der Waals surface area contributed by atoms with Gasteiger partial charge in [0.1, 0.15) is 11.9 Å². The molecule has 0 saturated heterocycles. The Morgan fingerprint density at radius 2 is 2.18 bits per heavy atom. The molecule has 1 aromatic heterocycles. The van der Waals surface area contributed by atoms with Crippen molar-refractivity contribution in [1.29, 1.82) is 0 Å². The number of aromatic amines is 1. The predicted octanol–water partition coefficient (Wildman–Crippen LogP) is 0.366. The molecule has 0 radical (unpaired) electrons. The maximum Gasteiger partial charge on any atom is 0.326 e. The van der Waals surface area contributed by atoms with Crippen LogP contribution in [0.15, 0.2) is 12.4 Å². The van der Waals surface area contributed by atoms with E-state index < -0.39 is 12.0 Å². The number of amides is 2. The van der Waals surface area contributed by atoms with Crippen molar-refractivity contribution in [2.45, 2.75) is 19.5 Å². The summed E-state index contributed by atoms with van der Waals surface area (Å²) in [6.45, 7) is 1.77. The van der Waals surface area contributed by atoms with Gasteiger partial charge >= 0.3 is 12.0 Å². The summed E-state index contributed by atoms with van der Waals surface area (Å²) in [4.78, 5) is 32.1. The summed E-state index contributed by atoms with van der Waals surface area (Å²) in [6.07, 6.45) is 3.26. The lowest BCUT2D eigenvalue weighted by Crippen LogP contribution is -2.46. The fourth-order valence-electron chi connectivity index (χ4n) is 1.28. The molecule has 2 N–H and O–H groups in total. The summed E-state index contributed by atoms with van der Waals surface area (Å²) in [5.74, 6) is -0.385. The average molecular weight is 240 g/mol. The number of carbonyl (C=O) groups excluding carboxylic acids is 1. The first-order chi connectivity index (χ1) is 7.93. The molecule has 0 spiro atoms. The molecule has 0 fully saturated rings. The second-order valence-electron chi connectivity index (χ2n) is 3.80. The van der Waals surface area contributed by atoms with E-state index in [-0.39, 0.29) is 6.03 Å². The molecule has 1 heterocycles. The monoisotopic (exact) mass is 240 g/mol. The standard InChI is InChI=1S/C10H16N4O3/c1-7(9(15)16)14(3)10(17)13(2)6-8-11-4-5-12-8/h4-5,7H,6H2,1-3H3,(H,11,12)(H,15,16). The van der Waals surface area contributed by atoms with Crippen LogP contribution >= 0.6 is 0 Å². The van der Waals surface area contributed by atoms with Crippen LogP contribution in [0.25, 0.3) is 0 Å². The van der Waals surface area contributed by atoms with Crippen LogP contribution in [-0.4, -0.2) is 57.0 Å². The van der Waals surface area contributed by atoms with E-state index in [1.807, 2.05) is 0 Å². The van der Waals surface area contributed by atoms with Crippen LogP contribution in [-0.2, 0) is 11.3 Å². The second-order valence-corrected chi connectivity index (χ2v) is 3.80. The summed E-state index contributed by atoms with van der Waals surface area (Å²) < 4.78 is 0. The van der Waals surface area contributed by atoms with E-state index in [9.17, 15) is 9.59 Å². The molecule has 0 bridgehead atoms. The number of carboxylic acid groups (broad SMARTS) is 1. The van der Waals surface area contributed by atoms with Crippen LogP contribution in [0.1, 0.15) is 12.7 Å². The highest BCUT2D eigenvalue weighted by atomic mass is 16.4. The lowest BCUT2D eigenvalue weighted by Gasteiger charge is -2.26. The molecule has 17 heavy (non-hydrogen) atoms. The maximum atomic E-state index is 11.9. The van der Waals surface area contributed by atoms with Gasteiger partial charge in [0.05, 0.1) is 6.54 Å². The summed E-state index contributed by atoms with van der Waals surface area (Å²) in [5.41, 5.74) is 0. The predicted molar refractivity (Wildman–Crippen MR) is 60.3 cm³/mol. The van der Waals surface area contributed by atoms with Gasteiger partial charge in [-0.25, -0.2) is 14.6 Å². The normalized spacial score (nSPS) is 11.9. The topological polar surface area (TPSA) is 89.5 Å². The molecule has 7 heteroatoms. The molecular weight excluding hydrogens is 224 g/mol. The lowest BCUT2D eigenvalue weighted by molar-refractivity contribution is -0.141. The highest BCUT2D eigenvalue weighted by Gasteiger charge is 2.24. The molecule has 2 amide bonds. The van der Waals surface area contributed by atoms with Gasteiger partial charge in [-0.1, -0.05) is 0 Å². The van der Waals surface area contributed by atoms with Crippen molar-refractivity contribution in [3.8, 4) is 0 Å². The highest BCUT2D eigenvalue weighted by Crippen LogP contribution is 2.04. The van der Waals surface area contributed by atoms with E-state index in [2.05, 4.69) is 9.97 Å². The largest absolute Gasteiger partial charge is 0.480 e. The van der Waals surface area contributed by atoms with Gasteiger partial charge in [0, 0.05) is 26.5 Å². The third-order valence-corrected chi connectivity index (χ3v) is 2.51. The highest BCUT2D eigenvalue weighted by molar-refractivity contribution is 5.81. The van der Waals surface area contributed by atoms with Crippen LogP contribution in [0.4, 0.5) is 4.79 Å². The summed E-state index contributed by atoms with van der Waals surface area (Å²) >= 11 is 0. The van der Waals surface area contributed by atoms with E-state index in [0.717, 1.165) is 0 Å². The molecule has 1 rings (SSSR count). The zero-order valence-electron chi connectivity index (χ0n) is 10.0. The number of hydrogen-bond acceptors (Lipinski definition) is 3. The van der Waals surface area contributed by atoms with Gasteiger partial charge < -0.3 is 19.9 Å². The zero-order chi connectivity index (χ0) is 13.0. The Kier molecular flexibility index (Phi) is 4.08. The average Bonchev–Trinajstić information content (AvgIpc) is 2.78. The van der Waals surface area contributed by atoms with Crippen LogP contribution in [0.3, 0.4) is 0 Å². The number of likely N-dealkylation sites (N-methyl/N-ethyl adjacent to an activating group) is 1. The molecular formula is C10H16N4O3. The Balaban J connectivity index is 2.60. The van der Waals surface area contributed by atoms with Gasteiger partial charge in [-0.3, -0.25) is 0 Å². The quantitative estimate of drug-likeness (QED) is 0.795. The number of aliphatic carboxylic acids is 1. The van der Waals surface area contributed by atoms with Crippen LogP contribution in [0.2, 0.25) is 0 Å². The van der Waals surface area contributed by atoms with Crippen molar-refractivity contribution < 1.29 is 14.7 Å². The Bertz CT molecular complexity index is 390. The summed E-state index contributed by atoms with van der Waals surface area (Å²) in [7, 11) is 3.05. The van der Waals surface area contributed by atoms with Crippen molar-refractivity contribution >= 4 is 12.0 Å². The van der Waals surface area contributed by atoms with E-state index >= 15 is 0 Å². The fraction of sp³-hybridized carbons (Fsp3) is 0.500. The number of carbonyl (C=O) groups is 2. The van der Waals surface area contributed by atoms with Gasteiger partial charge in [0.15, 0.2) is 0 Å². The van der Waals surface area contributed by atoms with Crippen molar-refractivity contribution in [2.24, 2.45) is 0 Å². The minimum absolute atomic E-state index is 0.308. The molecule has 7 nitrogen and oxygen atoms in total. The van der Waals surface area contributed by atoms with Gasteiger partial charge in [-0.05, 0) is 6.92 Å². The van der Waals surface area contributed by atoms with E-state index in [4.69, 9.17) is 5.11 Å². The number of hydrogen-bond donors (Lipinski definition) is 2. The molecule has 0 aliphatic heterocycles. The van der Waals surface area contributed by atoms with Crippen molar-refractivity contribution in [3.05, 3.63) is 18.2 Å². The SMILES string of the molecule is CC(C(=O)O)N(C)C(=O)N(C)Cc1ncc[nH]1. The van der Waals surface area contributed by atoms with E-state index in [0.29, 0.717) is 12.4 Å². The maximum absolute atomic E-state index is 11.9. The Hall–Kier alpha value is -2.05. The molecule has 0 aromatic carbocycles. The third-order valence-electron chi connectivity index (χ3n) is 2.51. The van der Waals surface area contributed by atoms with Gasteiger partial charge in [-0.15, -0.1) is 0 Å². The van der Waals surface area contributed by atoms with Gasteiger partial charge in [0.25, 0.3) is 0 Å². The van der Waals surface area contributed by atoms with Gasteiger partial charge in [0.2, 0.25) is 0 Å². The number of H-pyrrole nitrogens is 1. The lowest BCUT2D eigenvalue weighted by atomic mass is 10.3. The molecule has 0 aliphatic carbocycles. The molecule has 1 atom stereocenters. The number of rotatable bonds is 4. The Labute approximate surface area is 99.1 Å². The minimum atomic E-state index is -1.03. The number of aromatic nitrogens is 2. The van der Waals surface area contributed by atoms with Crippen LogP contribution in [0, 0.1) is 0 Å². The molecule has 0 saturated carbocycles. The molecule has 1 aromatic rings. The number of imidazole rings is 1. The number of carboxylic acids is 1. The van der Waals surface area contributed by atoms with E-state index in [1.54, 1.807) is 19.4 Å². The van der Waals surface area contributed by atoms with Crippen molar-refractivity contribution in [3.63, 3.8) is 0 Å². The summed E-state index contributed by atoms with van der Waals surface area (Å²) in [5, 5.41) is 8.81. The summed E-state index contributed by atoms with van der Waals surface area (Å²) in [6, 6.07) is -1.22. The fourth-order valence-corrected chi connectivity index (χ4v) is 1.28. The number of nitrogens with one attached hydrogen (secondary N) is 1. The molecule has 1 unspecified atom stereocenters. The number of nitrogens with zero attached hydrogens (tertiary/aromatic N) is 3. The van der Waals surface area contributed by atoms with Crippen LogP contribution < -0.4 is 0 Å². The minimum Gasteiger partial charge on any atom is -0.480 e. The number of urea groups is 1. The first kappa shape index (κ1) is 13.0. The zero-order valence-corrected chi connectivity index (χ0v) is 10.0.